The first-order valence-corrected chi connectivity index (χ1v) is 6.48. The van der Waals surface area contributed by atoms with E-state index < -0.39 is 0 Å². The minimum atomic E-state index is 0.985. The molecule has 102 valence electrons. The smallest absolute Gasteiger partial charge is 0.124 e. The van der Waals surface area contributed by atoms with Crippen molar-refractivity contribution in [3.63, 3.8) is 0 Å². The Bertz CT molecular complexity index is 402. The summed E-state index contributed by atoms with van der Waals surface area (Å²) >= 11 is 0. The van der Waals surface area contributed by atoms with Crippen LogP contribution >= 0.6 is 0 Å². The van der Waals surface area contributed by atoms with E-state index in [1.54, 1.807) is 7.11 Å². The average molecular weight is 250 g/mol. The first kappa shape index (κ1) is 15.0. The summed E-state index contributed by atoms with van der Waals surface area (Å²) in [6.45, 7) is 9.49. The highest BCUT2D eigenvalue weighted by Gasteiger charge is 2.11. The molecule has 0 heterocycles. The van der Waals surface area contributed by atoms with E-state index in [4.69, 9.17) is 4.74 Å². The van der Waals surface area contributed by atoms with E-state index in [1.807, 2.05) is 7.05 Å². The van der Waals surface area contributed by atoms with Crippen LogP contribution in [0.15, 0.2) is 6.07 Å². The Morgan fingerprint density at radius 3 is 2.44 bits per heavy atom. The topological polar surface area (TPSA) is 24.5 Å². The monoisotopic (exact) mass is 250 g/mol. The van der Waals surface area contributed by atoms with Gasteiger partial charge in [-0.3, -0.25) is 0 Å². The van der Waals surface area contributed by atoms with Gasteiger partial charge in [-0.25, -0.2) is 0 Å². The van der Waals surface area contributed by atoms with Gasteiger partial charge in [0.15, 0.2) is 0 Å². The third-order valence-corrected chi connectivity index (χ3v) is 3.52. The molecule has 0 amide bonds. The zero-order chi connectivity index (χ0) is 13.7. The number of nitrogens with one attached hydrogen (secondary N) is 1. The van der Waals surface area contributed by atoms with Crippen molar-refractivity contribution in [1.29, 1.82) is 0 Å². The van der Waals surface area contributed by atoms with E-state index in [9.17, 15) is 0 Å². The van der Waals surface area contributed by atoms with E-state index >= 15 is 0 Å². The fourth-order valence-electron chi connectivity index (χ4n) is 2.29. The second-order valence-electron chi connectivity index (χ2n) is 4.98. The molecule has 0 spiro atoms. The van der Waals surface area contributed by atoms with E-state index in [1.165, 1.54) is 22.3 Å². The van der Waals surface area contributed by atoms with Crippen molar-refractivity contribution in [3.05, 3.63) is 28.3 Å². The molecular formula is C15H26N2O. The molecule has 3 nitrogen and oxygen atoms in total. The summed E-state index contributed by atoms with van der Waals surface area (Å²) < 4.78 is 5.46. The van der Waals surface area contributed by atoms with Crippen LogP contribution in [0.3, 0.4) is 0 Å². The molecule has 1 N–H and O–H groups in total. The number of nitrogens with zero attached hydrogens (tertiary/aromatic N) is 1. The highest BCUT2D eigenvalue weighted by Crippen LogP contribution is 2.28. The Labute approximate surface area is 111 Å². The van der Waals surface area contributed by atoms with Gasteiger partial charge >= 0.3 is 0 Å². The number of ether oxygens (including phenoxy) is 1. The molecule has 0 fully saturated rings. The van der Waals surface area contributed by atoms with Crippen LogP contribution in [0.5, 0.6) is 5.75 Å². The van der Waals surface area contributed by atoms with Crippen LogP contribution in [0.1, 0.15) is 22.3 Å². The minimum Gasteiger partial charge on any atom is -0.496 e. The van der Waals surface area contributed by atoms with Gasteiger partial charge in [-0.15, -0.1) is 0 Å². The third kappa shape index (κ3) is 3.47. The highest BCUT2D eigenvalue weighted by atomic mass is 16.5. The summed E-state index contributed by atoms with van der Waals surface area (Å²) in [7, 11) is 5.89. The minimum absolute atomic E-state index is 0.985. The summed E-state index contributed by atoms with van der Waals surface area (Å²) in [5.41, 5.74) is 5.21. The molecule has 1 aromatic rings. The lowest BCUT2D eigenvalue weighted by Crippen LogP contribution is -2.27. The molecular weight excluding hydrogens is 224 g/mol. The van der Waals surface area contributed by atoms with Crippen molar-refractivity contribution in [2.45, 2.75) is 27.3 Å². The van der Waals surface area contributed by atoms with Gasteiger partial charge in [-0.05, 0) is 57.1 Å². The Morgan fingerprint density at radius 2 is 1.89 bits per heavy atom. The average Bonchev–Trinajstić information content (AvgIpc) is 2.33. The van der Waals surface area contributed by atoms with Crippen molar-refractivity contribution < 1.29 is 4.74 Å². The SMILES string of the molecule is CNCCN(C)Cc1cc(C)c(OC)c(C)c1C. The molecule has 0 aliphatic carbocycles. The van der Waals surface area contributed by atoms with Gasteiger partial charge in [0.05, 0.1) is 7.11 Å². The van der Waals surface area contributed by atoms with Crippen molar-refractivity contribution in [1.82, 2.24) is 10.2 Å². The van der Waals surface area contributed by atoms with Crippen LogP contribution in [-0.4, -0.2) is 39.2 Å². The van der Waals surface area contributed by atoms with Crippen molar-refractivity contribution in [2.75, 3.05) is 34.3 Å². The predicted octanol–water partition coefficient (Wildman–Crippen LogP) is 2.27. The van der Waals surface area contributed by atoms with Gasteiger partial charge in [0.1, 0.15) is 5.75 Å². The fourth-order valence-corrected chi connectivity index (χ4v) is 2.29. The molecule has 0 unspecified atom stereocenters. The van der Waals surface area contributed by atoms with Gasteiger partial charge < -0.3 is 15.0 Å². The summed E-state index contributed by atoms with van der Waals surface area (Å²) in [6, 6.07) is 2.25. The number of aryl methyl sites for hydroxylation is 1. The summed E-state index contributed by atoms with van der Waals surface area (Å²) in [5, 5.41) is 3.18. The number of methoxy groups -OCH3 is 1. The van der Waals surface area contributed by atoms with Gasteiger partial charge in [0, 0.05) is 19.6 Å². The first-order chi connectivity index (χ1) is 8.51. The Kier molecular flexibility index (Phi) is 5.63. The lowest BCUT2D eigenvalue weighted by molar-refractivity contribution is 0.327. The van der Waals surface area contributed by atoms with Crippen LogP contribution in [0, 0.1) is 20.8 Å². The lowest BCUT2D eigenvalue weighted by Gasteiger charge is -2.21. The van der Waals surface area contributed by atoms with Gasteiger partial charge in [0.25, 0.3) is 0 Å². The maximum absolute atomic E-state index is 5.46. The van der Waals surface area contributed by atoms with Crippen LogP contribution < -0.4 is 10.1 Å². The second-order valence-corrected chi connectivity index (χ2v) is 4.98. The highest BCUT2D eigenvalue weighted by molar-refractivity contribution is 5.48. The van der Waals surface area contributed by atoms with Gasteiger partial charge in [-0.2, -0.15) is 0 Å². The number of likely N-dealkylation sites (N-methyl/N-ethyl adjacent to an activating group) is 2. The third-order valence-electron chi connectivity index (χ3n) is 3.52. The van der Waals surface area contributed by atoms with Crippen molar-refractivity contribution >= 4 is 0 Å². The molecule has 1 aromatic carbocycles. The summed E-state index contributed by atoms with van der Waals surface area (Å²) in [6.07, 6.45) is 0. The molecule has 0 saturated carbocycles. The number of hydrogen-bond donors (Lipinski definition) is 1. The summed E-state index contributed by atoms with van der Waals surface area (Å²) in [5.74, 6) is 1.02. The Hall–Kier alpha value is -1.06. The maximum atomic E-state index is 5.46. The van der Waals surface area contributed by atoms with Crippen LogP contribution in [0.25, 0.3) is 0 Å². The Morgan fingerprint density at radius 1 is 1.22 bits per heavy atom. The molecule has 0 atom stereocenters. The van der Waals surface area contributed by atoms with Crippen LogP contribution in [0.4, 0.5) is 0 Å². The molecule has 0 aliphatic rings. The quantitative estimate of drug-likeness (QED) is 0.838. The van der Waals surface area contributed by atoms with Crippen LogP contribution in [-0.2, 0) is 6.54 Å². The fraction of sp³-hybridized carbons (Fsp3) is 0.600. The number of benzene rings is 1. The predicted molar refractivity (Wildman–Crippen MR) is 77.5 cm³/mol. The Balaban J connectivity index is 2.90. The molecule has 0 bridgehead atoms. The van der Waals surface area contributed by atoms with Gasteiger partial charge in [-0.1, -0.05) is 6.07 Å². The largest absolute Gasteiger partial charge is 0.496 e. The number of rotatable bonds is 6. The molecule has 3 heteroatoms. The molecule has 0 saturated heterocycles. The maximum Gasteiger partial charge on any atom is 0.124 e. The molecule has 0 aromatic heterocycles. The molecule has 1 rings (SSSR count). The first-order valence-electron chi connectivity index (χ1n) is 6.48. The summed E-state index contributed by atoms with van der Waals surface area (Å²) in [4.78, 5) is 2.34. The standard InChI is InChI=1S/C15H26N2O/c1-11-9-14(10-17(5)8-7-16-4)12(2)13(3)15(11)18-6/h9,16H,7-8,10H2,1-6H3. The number of hydrogen-bond acceptors (Lipinski definition) is 3. The van der Waals surface area contributed by atoms with Crippen LogP contribution in [0.2, 0.25) is 0 Å². The molecule has 18 heavy (non-hydrogen) atoms. The van der Waals surface area contributed by atoms with E-state index in [-0.39, 0.29) is 0 Å². The molecule has 0 aliphatic heterocycles. The lowest BCUT2D eigenvalue weighted by atomic mass is 9.98. The zero-order valence-electron chi connectivity index (χ0n) is 12.6. The van der Waals surface area contributed by atoms with E-state index in [0.717, 1.165) is 25.4 Å². The zero-order valence-corrected chi connectivity index (χ0v) is 12.6. The van der Waals surface area contributed by atoms with Crippen molar-refractivity contribution in [2.24, 2.45) is 0 Å². The second kappa shape index (κ2) is 6.76. The van der Waals surface area contributed by atoms with E-state index in [2.05, 4.69) is 44.1 Å². The normalized spacial score (nSPS) is 11.1. The van der Waals surface area contributed by atoms with Crippen molar-refractivity contribution in [3.8, 4) is 5.75 Å². The molecule has 0 radical (unpaired) electrons. The van der Waals surface area contributed by atoms with E-state index in [0.29, 0.717) is 0 Å². The van der Waals surface area contributed by atoms with Gasteiger partial charge in [0.2, 0.25) is 0 Å².